The quantitative estimate of drug-likeness (QED) is 0.735. The van der Waals surface area contributed by atoms with Gasteiger partial charge < -0.3 is 4.90 Å². The van der Waals surface area contributed by atoms with Gasteiger partial charge in [-0.3, -0.25) is 4.79 Å². The average Bonchev–Trinajstić information content (AvgIpc) is 2.28. The van der Waals surface area contributed by atoms with E-state index in [9.17, 15) is 4.79 Å². The zero-order chi connectivity index (χ0) is 11.5. The molecule has 86 valence electrons. The van der Waals surface area contributed by atoms with Crippen LogP contribution in [0.3, 0.4) is 0 Å². The lowest BCUT2D eigenvalue weighted by atomic mass is 9.99. The number of para-hydroxylation sites is 1. The fraction of sp³-hybridized carbons (Fsp3) is 0.462. The second-order valence-electron chi connectivity index (χ2n) is 4.49. The van der Waals surface area contributed by atoms with E-state index >= 15 is 0 Å². The van der Waals surface area contributed by atoms with Gasteiger partial charge in [0.05, 0.1) is 10.7 Å². The summed E-state index contributed by atoms with van der Waals surface area (Å²) in [6, 6.07) is 5.50. The van der Waals surface area contributed by atoms with E-state index in [4.69, 9.17) is 11.6 Å². The standard InChI is InChI=1S/C13H16ClNO/c1-10-4-3-7-15(8-10)13-11(9-16)5-2-6-12(13)14/h2,5-6,9-10H,3-4,7-8H2,1H3. The minimum atomic E-state index is 0.671. The lowest BCUT2D eigenvalue weighted by molar-refractivity contribution is 0.112. The highest BCUT2D eigenvalue weighted by molar-refractivity contribution is 6.33. The number of benzene rings is 1. The average molecular weight is 238 g/mol. The van der Waals surface area contributed by atoms with Gasteiger partial charge in [0, 0.05) is 18.7 Å². The van der Waals surface area contributed by atoms with Crippen LogP contribution in [0, 0.1) is 5.92 Å². The number of rotatable bonds is 2. The number of aldehydes is 1. The first kappa shape index (κ1) is 11.5. The van der Waals surface area contributed by atoms with Crippen LogP contribution < -0.4 is 4.90 Å². The van der Waals surface area contributed by atoms with Crippen LogP contribution in [0.4, 0.5) is 5.69 Å². The van der Waals surface area contributed by atoms with Crippen LogP contribution in [0.2, 0.25) is 5.02 Å². The van der Waals surface area contributed by atoms with Crippen molar-refractivity contribution in [3.05, 3.63) is 28.8 Å². The maximum absolute atomic E-state index is 11.0. The van der Waals surface area contributed by atoms with Crippen molar-refractivity contribution < 1.29 is 4.79 Å². The smallest absolute Gasteiger partial charge is 0.152 e. The summed E-state index contributed by atoms with van der Waals surface area (Å²) in [6.45, 7) is 4.23. The van der Waals surface area contributed by atoms with Gasteiger partial charge in [0.1, 0.15) is 0 Å². The van der Waals surface area contributed by atoms with Gasteiger partial charge in [0.15, 0.2) is 6.29 Å². The normalized spacial score (nSPS) is 20.9. The van der Waals surface area contributed by atoms with Crippen LogP contribution in [0.1, 0.15) is 30.1 Å². The Bertz CT molecular complexity index is 392. The second kappa shape index (κ2) is 4.88. The first-order chi connectivity index (χ1) is 7.72. The van der Waals surface area contributed by atoms with Crippen molar-refractivity contribution in [2.75, 3.05) is 18.0 Å². The number of anilines is 1. The van der Waals surface area contributed by atoms with Gasteiger partial charge >= 0.3 is 0 Å². The minimum Gasteiger partial charge on any atom is -0.369 e. The van der Waals surface area contributed by atoms with Crippen molar-refractivity contribution in [3.8, 4) is 0 Å². The molecule has 1 atom stereocenters. The number of hydrogen-bond acceptors (Lipinski definition) is 2. The first-order valence-electron chi connectivity index (χ1n) is 5.71. The van der Waals surface area contributed by atoms with Crippen molar-refractivity contribution >= 4 is 23.6 Å². The topological polar surface area (TPSA) is 20.3 Å². The summed E-state index contributed by atoms with van der Waals surface area (Å²) in [4.78, 5) is 13.3. The number of carbonyl (C=O) groups excluding carboxylic acids is 1. The molecular weight excluding hydrogens is 222 g/mol. The van der Waals surface area contributed by atoms with Crippen molar-refractivity contribution in [3.63, 3.8) is 0 Å². The third-order valence-electron chi connectivity index (χ3n) is 3.12. The van der Waals surface area contributed by atoms with Gasteiger partial charge in [-0.25, -0.2) is 0 Å². The number of hydrogen-bond donors (Lipinski definition) is 0. The lowest BCUT2D eigenvalue weighted by Gasteiger charge is -2.34. The molecule has 1 saturated heterocycles. The Kier molecular flexibility index (Phi) is 3.49. The van der Waals surface area contributed by atoms with E-state index in [-0.39, 0.29) is 0 Å². The van der Waals surface area contributed by atoms with Gasteiger partial charge in [0.25, 0.3) is 0 Å². The van der Waals surface area contributed by atoms with Gasteiger partial charge in [-0.15, -0.1) is 0 Å². The third-order valence-corrected chi connectivity index (χ3v) is 3.42. The SMILES string of the molecule is CC1CCCN(c2c(Cl)cccc2C=O)C1. The molecule has 0 radical (unpaired) electrons. The molecule has 1 heterocycles. The molecule has 0 aliphatic carbocycles. The predicted octanol–water partition coefficient (Wildman–Crippen LogP) is 3.39. The zero-order valence-electron chi connectivity index (χ0n) is 9.45. The molecule has 1 aliphatic rings. The van der Waals surface area contributed by atoms with Gasteiger partial charge in [-0.2, -0.15) is 0 Å². The van der Waals surface area contributed by atoms with Crippen LogP contribution in [0.5, 0.6) is 0 Å². The zero-order valence-corrected chi connectivity index (χ0v) is 10.2. The highest BCUT2D eigenvalue weighted by Gasteiger charge is 2.20. The van der Waals surface area contributed by atoms with E-state index in [1.54, 1.807) is 0 Å². The molecular formula is C13H16ClNO. The van der Waals surface area contributed by atoms with Gasteiger partial charge in [-0.1, -0.05) is 24.6 Å². The van der Waals surface area contributed by atoms with E-state index in [0.29, 0.717) is 16.5 Å². The lowest BCUT2D eigenvalue weighted by Crippen LogP contribution is -2.35. The van der Waals surface area contributed by atoms with Crippen LogP contribution in [-0.4, -0.2) is 19.4 Å². The summed E-state index contributed by atoms with van der Waals surface area (Å²) in [7, 11) is 0. The van der Waals surface area contributed by atoms with Crippen molar-refractivity contribution in [2.24, 2.45) is 5.92 Å². The van der Waals surface area contributed by atoms with E-state index in [1.165, 1.54) is 12.8 Å². The van der Waals surface area contributed by atoms with Crippen molar-refractivity contribution in [1.82, 2.24) is 0 Å². The molecule has 0 spiro atoms. The van der Waals surface area contributed by atoms with Crippen LogP contribution >= 0.6 is 11.6 Å². The monoisotopic (exact) mass is 237 g/mol. The highest BCUT2D eigenvalue weighted by Crippen LogP contribution is 2.32. The maximum atomic E-state index is 11.0. The molecule has 3 heteroatoms. The Morgan fingerprint density at radius 1 is 1.50 bits per heavy atom. The molecule has 2 nitrogen and oxygen atoms in total. The molecule has 1 aromatic carbocycles. The molecule has 1 unspecified atom stereocenters. The second-order valence-corrected chi connectivity index (χ2v) is 4.90. The van der Waals surface area contributed by atoms with E-state index in [2.05, 4.69) is 11.8 Å². The van der Waals surface area contributed by atoms with Crippen LogP contribution in [0.25, 0.3) is 0 Å². The Hall–Kier alpha value is -1.02. The van der Waals surface area contributed by atoms with Gasteiger partial charge in [0.2, 0.25) is 0 Å². The summed E-state index contributed by atoms with van der Waals surface area (Å²) in [5, 5.41) is 0.679. The van der Waals surface area contributed by atoms with E-state index < -0.39 is 0 Å². The molecule has 1 aliphatic heterocycles. The Morgan fingerprint density at radius 3 is 3.00 bits per heavy atom. The Morgan fingerprint density at radius 2 is 2.31 bits per heavy atom. The van der Waals surface area contributed by atoms with Crippen LogP contribution in [0.15, 0.2) is 18.2 Å². The molecule has 1 fully saturated rings. The van der Waals surface area contributed by atoms with Gasteiger partial charge in [-0.05, 0) is 30.9 Å². The summed E-state index contributed by atoms with van der Waals surface area (Å²) in [6.07, 6.45) is 3.32. The number of carbonyl (C=O) groups is 1. The van der Waals surface area contributed by atoms with Crippen molar-refractivity contribution in [2.45, 2.75) is 19.8 Å². The molecule has 0 amide bonds. The molecule has 0 saturated carbocycles. The maximum Gasteiger partial charge on any atom is 0.152 e. The summed E-state index contributed by atoms with van der Waals surface area (Å²) in [5.41, 5.74) is 1.60. The highest BCUT2D eigenvalue weighted by atomic mass is 35.5. The molecule has 2 rings (SSSR count). The fourth-order valence-corrected chi connectivity index (χ4v) is 2.65. The third kappa shape index (κ3) is 2.22. The Balaban J connectivity index is 2.34. The molecule has 0 bridgehead atoms. The van der Waals surface area contributed by atoms with E-state index in [0.717, 1.165) is 25.1 Å². The number of piperidine rings is 1. The fourth-order valence-electron chi connectivity index (χ4n) is 2.35. The Labute approximate surface area is 101 Å². The molecule has 0 N–H and O–H groups in total. The first-order valence-corrected chi connectivity index (χ1v) is 6.09. The molecule has 1 aromatic rings. The number of nitrogens with zero attached hydrogens (tertiary/aromatic N) is 1. The summed E-state index contributed by atoms with van der Waals surface area (Å²) in [5.74, 6) is 0.671. The predicted molar refractivity (Wildman–Crippen MR) is 67.5 cm³/mol. The molecule has 16 heavy (non-hydrogen) atoms. The minimum absolute atomic E-state index is 0.671. The number of halogens is 1. The molecule has 0 aromatic heterocycles. The van der Waals surface area contributed by atoms with Crippen LogP contribution in [-0.2, 0) is 0 Å². The largest absolute Gasteiger partial charge is 0.369 e. The van der Waals surface area contributed by atoms with E-state index in [1.807, 2.05) is 18.2 Å². The van der Waals surface area contributed by atoms with Crippen molar-refractivity contribution in [1.29, 1.82) is 0 Å². The summed E-state index contributed by atoms with van der Waals surface area (Å²) < 4.78 is 0. The summed E-state index contributed by atoms with van der Waals surface area (Å²) >= 11 is 6.19.